The molecule has 0 aliphatic heterocycles. The van der Waals surface area contributed by atoms with Crippen LogP contribution in [0.3, 0.4) is 0 Å². The molecule has 0 amide bonds. The second-order valence-electron chi connectivity index (χ2n) is 4.26. The molecular weight excluding hydrogens is 362 g/mol. The van der Waals surface area contributed by atoms with Crippen LogP contribution >= 0.6 is 27.3 Å². The number of halogens is 1. The first-order chi connectivity index (χ1) is 9.40. The van der Waals surface area contributed by atoms with Crippen LogP contribution in [0.15, 0.2) is 38.5 Å². The van der Waals surface area contributed by atoms with Crippen molar-refractivity contribution in [3.8, 4) is 0 Å². The molecule has 0 aromatic carbocycles. The Labute approximate surface area is 130 Å². The van der Waals surface area contributed by atoms with E-state index in [1.165, 1.54) is 11.3 Å². The fraction of sp³-hybridized carbons (Fsp3) is 0.250. The molecule has 108 valence electrons. The highest BCUT2D eigenvalue weighted by Crippen LogP contribution is 2.26. The molecule has 0 spiro atoms. The van der Waals surface area contributed by atoms with E-state index in [1.807, 2.05) is 25.1 Å². The van der Waals surface area contributed by atoms with Crippen molar-refractivity contribution in [2.75, 3.05) is 19.0 Å². The highest BCUT2D eigenvalue weighted by Gasteiger charge is 2.17. The molecular formula is C12H14BrN3O2S2. The smallest absolute Gasteiger partial charge is 0.250 e. The number of nitrogens with one attached hydrogen (secondary N) is 1. The fourth-order valence-corrected chi connectivity index (χ4v) is 4.72. The SMILES string of the molecule is CN(C)c1ncccc1CNS(=O)(=O)c1ccc(Br)s1. The van der Waals surface area contributed by atoms with Crippen molar-refractivity contribution in [1.82, 2.24) is 9.71 Å². The molecule has 0 aliphatic rings. The number of aromatic nitrogens is 1. The summed E-state index contributed by atoms with van der Waals surface area (Å²) in [6.45, 7) is 0.208. The second kappa shape index (κ2) is 6.21. The normalized spacial score (nSPS) is 11.6. The molecule has 8 heteroatoms. The molecule has 0 atom stereocenters. The van der Waals surface area contributed by atoms with Gasteiger partial charge in [0.2, 0.25) is 10.0 Å². The van der Waals surface area contributed by atoms with Gasteiger partial charge < -0.3 is 4.90 Å². The van der Waals surface area contributed by atoms with E-state index in [0.717, 1.165) is 15.2 Å². The zero-order valence-electron chi connectivity index (χ0n) is 11.0. The van der Waals surface area contributed by atoms with Gasteiger partial charge in [-0.1, -0.05) is 6.07 Å². The lowest BCUT2D eigenvalue weighted by Crippen LogP contribution is -2.24. The van der Waals surface area contributed by atoms with Crippen molar-refractivity contribution in [3.05, 3.63) is 39.8 Å². The van der Waals surface area contributed by atoms with Crippen molar-refractivity contribution in [2.45, 2.75) is 10.8 Å². The molecule has 0 radical (unpaired) electrons. The summed E-state index contributed by atoms with van der Waals surface area (Å²) < 4.78 is 28.0. The molecule has 0 aliphatic carbocycles. The quantitative estimate of drug-likeness (QED) is 0.871. The lowest BCUT2D eigenvalue weighted by molar-refractivity contribution is 0.583. The van der Waals surface area contributed by atoms with Gasteiger partial charge in [0.1, 0.15) is 10.0 Å². The summed E-state index contributed by atoms with van der Waals surface area (Å²) in [6.07, 6.45) is 1.68. The van der Waals surface area contributed by atoms with Crippen LogP contribution < -0.4 is 9.62 Å². The van der Waals surface area contributed by atoms with E-state index >= 15 is 0 Å². The highest BCUT2D eigenvalue weighted by atomic mass is 79.9. The van der Waals surface area contributed by atoms with E-state index in [9.17, 15) is 8.42 Å². The van der Waals surface area contributed by atoms with Gasteiger partial charge in [-0.25, -0.2) is 18.1 Å². The number of pyridine rings is 1. The zero-order valence-corrected chi connectivity index (χ0v) is 14.2. The van der Waals surface area contributed by atoms with E-state index in [2.05, 4.69) is 25.6 Å². The molecule has 20 heavy (non-hydrogen) atoms. The Balaban J connectivity index is 2.17. The van der Waals surface area contributed by atoms with E-state index in [1.54, 1.807) is 24.4 Å². The van der Waals surface area contributed by atoms with Crippen molar-refractivity contribution >= 4 is 43.1 Å². The van der Waals surface area contributed by atoms with Gasteiger partial charge in [0.15, 0.2) is 0 Å². The molecule has 0 saturated heterocycles. The summed E-state index contributed by atoms with van der Waals surface area (Å²) in [7, 11) is 0.256. The van der Waals surface area contributed by atoms with Gasteiger partial charge in [-0.15, -0.1) is 11.3 Å². The predicted octanol–water partition coefficient (Wildman–Crippen LogP) is 2.45. The summed E-state index contributed by atoms with van der Waals surface area (Å²) in [5, 5.41) is 0. The summed E-state index contributed by atoms with van der Waals surface area (Å²) in [6, 6.07) is 6.94. The van der Waals surface area contributed by atoms with Gasteiger partial charge in [0.05, 0.1) is 3.79 Å². The lowest BCUT2D eigenvalue weighted by Gasteiger charge is -2.15. The predicted molar refractivity (Wildman–Crippen MR) is 84.6 cm³/mol. The van der Waals surface area contributed by atoms with E-state index in [4.69, 9.17) is 0 Å². The van der Waals surface area contributed by atoms with Crippen molar-refractivity contribution in [3.63, 3.8) is 0 Å². The Hall–Kier alpha value is -0.960. The monoisotopic (exact) mass is 375 g/mol. The van der Waals surface area contributed by atoms with Crippen LogP contribution in [-0.2, 0) is 16.6 Å². The van der Waals surface area contributed by atoms with Gasteiger partial charge in [0, 0.05) is 32.4 Å². The van der Waals surface area contributed by atoms with Gasteiger partial charge in [-0.2, -0.15) is 0 Å². The topological polar surface area (TPSA) is 62.3 Å². The minimum atomic E-state index is -3.49. The van der Waals surface area contributed by atoms with Crippen LogP contribution in [0.2, 0.25) is 0 Å². The standard InChI is InChI=1S/C12H14BrN3O2S2/c1-16(2)12-9(4-3-7-14-12)8-15-20(17,18)11-6-5-10(13)19-11/h3-7,15H,8H2,1-2H3. The minimum Gasteiger partial charge on any atom is -0.362 e. The zero-order chi connectivity index (χ0) is 14.8. The number of hydrogen-bond donors (Lipinski definition) is 1. The van der Waals surface area contributed by atoms with Crippen molar-refractivity contribution in [1.29, 1.82) is 0 Å². The number of hydrogen-bond acceptors (Lipinski definition) is 5. The highest BCUT2D eigenvalue weighted by molar-refractivity contribution is 9.11. The number of thiophene rings is 1. The van der Waals surface area contributed by atoms with Crippen LogP contribution in [-0.4, -0.2) is 27.5 Å². The molecule has 2 aromatic rings. The summed E-state index contributed by atoms with van der Waals surface area (Å²) in [5.74, 6) is 0.752. The Morgan fingerprint density at radius 3 is 2.70 bits per heavy atom. The Kier molecular flexibility index (Phi) is 4.79. The molecule has 2 rings (SSSR count). The van der Waals surface area contributed by atoms with Crippen molar-refractivity contribution < 1.29 is 8.42 Å². The second-order valence-corrected chi connectivity index (χ2v) is 8.72. The third-order valence-corrected chi connectivity index (χ3v) is 6.07. The average molecular weight is 376 g/mol. The minimum absolute atomic E-state index is 0.208. The molecule has 0 saturated carbocycles. The van der Waals surface area contributed by atoms with Crippen LogP contribution in [0.5, 0.6) is 0 Å². The largest absolute Gasteiger partial charge is 0.362 e. The third kappa shape index (κ3) is 3.57. The molecule has 0 unspecified atom stereocenters. The maximum atomic E-state index is 12.1. The first-order valence-electron chi connectivity index (χ1n) is 5.76. The lowest BCUT2D eigenvalue weighted by atomic mass is 10.2. The average Bonchev–Trinajstić information content (AvgIpc) is 2.84. The van der Waals surface area contributed by atoms with E-state index in [-0.39, 0.29) is 6.54 Å². The number of sulfonamides is 1. The molecule has 5 nitrogen and oxygen atoms in total. The molecule has 2 heterocycles. The summed E-state index contributed by atoms with van der Waals surface area (Å²) in [4.78, 5) is 6.09. The van der Waals surface area contributed by atoms with E-state index in [0.29, 0.717) is 4.21 Å². The Morgan fingerprint density at radius 2 is 2.10 bits per heavy atom. The molecule has 0 bridgehead atoms. The van der Waals surface area contributed by atoms with Crippen LogP contribution in [0.4, 0.5) is 5.82 Å². The Morgan fingerprint density at radius 1 is 1.35 bits per heavy atom. The maximum Gasteiger partial charge on any atom is 0.250 e. The summed E-state index contributed by atoms with van der Waals surface area (Å²) >= 11 is 4.44. The van der Waals surface area contributed by atoms with E-state index < -0.39 is 10.0 Å². The van der Waals surface area contributed by atoms with Crippen LogP contribution in [0.1, 0.15) is 5.56 Å². The van der Waals surface area contributed by atoms with Gasteiger partial charge in [-0.3, -0.25) is 0 Å². The number of rotatable bonds is 5. The van der Waals surface area contributed by atoms with Crippen molar-refractivity contribution in [2.24, 2.45) is 0 Å². The van der Waals surface area contributed by atoms with Gasteiger partial charge in [-0.05, 0) is 34.1 Å². The van der Waals surface area contributed by atoms with Gasteiger partial charge in [0.25, 0.3) is 0 Å². The number of nitrogens with zero attached hydrogens (tertiary/aromatic N) is 2. The molecule has 2 aromatic heterocycles. The Bertz CT molecular complexity index is 698. The first-order valence-corrected chi connectivity index (χ1v) is 8.85. The third-order valence-electron chi connectivity index (χ3n) is 2.56. The molecule has 0 fully saturated rings. The fourth-order valence-electron chi connectivity index (χ4n) is 1.66. The summed E-state index contributed by atoms with van der Waals surface area (Å²) in [5.41, 5.74) is 0.830. The van der Waals surface area contributed by atoms with Crippen LogP contribution in [0, 0.1) is 0 Å². The maximum absolute atomic E-state index is 12.1. The first kappa shape index (κ1) is 15.4. The van der Waals surface area contributed by atoms with Crippen LogP contribution in [0.25, 0.3) is 0 Å². The van der Waals surface area contributed by atoms with Gasteiger partial charge >= 0.3 is 0 Å². The number of anilines is 1. The molecule has 1 N–H and O–H groups in total.